The van der Waals surface area contributed by atoms with E-state index in [1.165, 1.54) is 63.8 Å². The van der Waals surface area contributed by atoms with Crippen molar-refractivity contribution in [3.63, 3.8) is 0 Å². The Hall–Kier alpha value is -1.13. The number of likely N-dealkylation sites (tertiary alicyclic amines) is 2. The highest BCUT2D eigenvalue weighted by Crippen LogP contribution is 2.22. The Bertz CT molecular complexity index is 434. The highest BCUT2D eigenvalue weighted by molar-refractivity contribution is 5.36. The Kier molecular flexibility index (Phi) is 5.09. The average molecular weight is 288 g/mol. The summed E-state index contributed by atoms with van der Waals surface area (Å²) in [4.78, 5) is 9.62. The molecule has 116 valence electrons. The zero-order chi connectivity index (χ0) is 14.5. The molecule has 0 aromatic carbocycles. The van der Waals surface area contributed by atoms with Crippen LogP contribution < -0.4 is 5.32 Å². The zero-order valence-electron chi connectivity index (χ0n) is 13.2. The van der Waals surface area contributed by atoms with Crippen molar-refractivity contribution < 1.29 is 0 Å². The number of hydrogen-bond donors (Lipinski definition) is 1. The molecule has 21 heavy (non-hydrogen) atoms. The van der Waals surface area contributed by atoms with Crippen LogP contribution in [0, 0.1) is 0 Å². The predicted octanol–water partition coefficient (Wildman–Crippen LogP) is 2.57. The minimum absolute atomic E-state index is 0.840. The molecular weight excluding hydrogens is 260 g/mol. The summed E-state index contributed by atoms with van der Waals surface area (Å²) in [5.41, 5.74) is 1.37. The molecule has 2 aliphatic rings. The molecule has 0 atom stereocenters. The molecule has 0 spiro atoms. The standard InChI is InChI=1S/C17H28N4/c1-18-17-13-15(5-8-19-17)14-20-11-6-16(7-12-20)21-9-3-2-4-10-21/h5,8,13,16H,2-4,6-7,9-12,14H2,1H3,(H,18,19). The van der Waals surface area contributed by atoms with Crippen molar-refractivity contribution in [3.05, 3.63) is 23.9 Å². The van der Waals surface area contributed by atoms with E-state index in [2.05, 4.69) is 32.2 Å². The van der Waals surface area contributed by atoms with Crippen molar-refractivity contribution in [2.75, 3.05) is 38.5 Å². The van der Waals surface area contributed by atoms with E-state index in [1.807, 2.05) is 13.2 Å². The lowest BCUT2D eigenvalue weighted by atomic mass is 9.99. The van der Waals surface area contributed by atoms with Crippen molar-refractivity contribution in [1.29, 1.82) is 0 Å². The van der Waals surface area contributed by atoms with E-state index in [9.17, 15) is 0 Å². The Balaban J connectivity index is 1.48. The first-order valence-electron chi connectivity index (χ1n) is 8.44. The van der Waals surface area contributed by atoms with Crippen LogP contribution in [0.5, 0.6) is 0 Å². The largest absolute Gasteiger partial charge is 0.373 e. The normalized spacial score (nSPS) is 22.3. The molecule has 0 aliphatic carbocycles. The summed E-state index contributed by atoms with van der Waals surface area (Å²) < 4.78 is 0. The van der Waals surface area contributed by atoms with E-state index in [1.54, 1.807) is 0 Å². The Morgan fingerprint density at radius 1 is 1.14 bits per heavy atom. The molecule has 3 heterocycles. The maximum absolute atomic E-state index is 4.29. The summed E-state index contributed by atoms with van der Waals surface area (Å²) in [6.07, 6.45) is 8.83. The van der Waals surface area contributed by atoms with Crippen molar-refractivity contribution in [2.45, 2.75) is 44.7 Å². The number of pyridine rings is 1. The van der Waals surface area contributed by atoms with Gasteiger partial charge in [-0.3, -0.25) is 4.90 Å². The maximum Gasteiger partial charge on any atom is 0.125 e. The Morgan fingerprint density at radius 2 is 1.90 bits per heavy atom. The molecule has 3 rings (SSSR count). The molecule has 0 unspecified atom stereocenters. The summed E-state index contributed by atoms with van der Waals surface area (Å²) in [5, 5.41) is 3.12. The first-order valence-corrected chi connectivity index (χ1v) is 8.44. The van der Waals surface area contributed by atoms with E-state index in [-0.39, 0.29) is 0 Å². The molecular formula is C17H28N4. The highest BCUT2D eigenvalue weighted by atomic mass is 15.2. The molecule has 1 aromatic heterocycles. The second-order valence-electron chi connectivity index (χ2n) is 6.40. The molecule has 4 heteroatoms. The fraction of sp³-hybridized carbons (Fsp3) is 0.706. The smallest absolute Gasteiger partial charge is 0.125 e. The van der Waals surface area contributed by atoms with Crippen molar-refractivity contribution in [3.8, 4) is 0 Å². The van der Waals surface area contributed by atoms with Gasteiger partial charge in [0, 0.05) is 25.8 Å². The van der Waals surface area contributed by atoms with Crippen LogP contribution in [0.4, 0.5) is 5.82 Å². The molecule has 0 amide bonds. The van der Waals surface area contributed by atoms with Crippen LogP contribution >= 0.6 is 0 Å². The van der Waals surface area contributed by atoms with Gasteiger partial charge in [-0.15, -0.1) is 0 Å². The molecule has 1 N–H and O–H groups in total. The fourth-order valence-corrected chi connectivity index (χ4v) is 3.69. The van der Waals surface area contributed by atoms with E-state index in [0.29, 0.717) is 0 Å². The van der Waals surface area contributed by atoms with Gasteiger partial charge in [-0.25, -0.2) is 4.98 Å². The summed E-state index contributed by atoms with van der Waals surface area (Å²) in [7, 11) is 1.93. The molecule has 2 aliphatic heterocycles. The van der Waals surface area contributed by atoms with Gasteiger partial charge in [-0.05, 0) is 69.6 Å². The maximum atomic E-state index is 4.29. The van der Waals surface area contributed by atoms with Crippen LogP contribution in [0.2, 0.25) is 0 Å². The fourth-order valence-electron chi connectivity index (χ4n) is 3.69. The molecule has 1 aromatic rings. The quantitative estimate of drug-likeness (QED) is 0.923. The van der Waals surface area contributed by atoms with Crippen LogP contribution in [0.1, 0.15) is 37.7 Å². The topological polar surface area (TPSA) is 31.4 Å². The third kappa shape index (κ3) is 3.95. The van der Waals surface area contributed by atoms with Gasteiger partial charge < -0.3 is 10.2 Å². The first-order chi connectivity index (χ1) is 10.3. The minimum atomic E-state index is 0.840. The zero-order valence-corrected chi connectivity index (χ0v) is 13.2. The molecule has 4 nitrogen and oxygen atoms in total. The summed E-state index contributed by atoms with van der Waals surface area (Å²) in [5.74, 6) is 0.968. The number of rotatable bonds is 4. The van der Waals surface area contributed by atoms with E-state index >= 15 is 0 Å². The van der Waals surface area contributed by atoms with Crippen molar-refractivity contribution in [2.24, 2.45) is 0 Å². The lowest BCUT2D eigenvalue weighted by Crippen LogP contribution is -2.46. The van der Waals surface area contributed by atoms with Crippen LogP contribution in [-0.4, -0.2) is 54.1 Å². The van der Waals surface area contributed by atoms with Gasteiger partial charge in [0.15, 0.2) is 0 Å². The Morgan fingerprint density at radius 3 is 2.62 bits per heavy atom. The second kappa shape index (κ2) is 7.23. The molecule has 0 saturated carbocycles. The number of anilines is 1. The third-order valence-electron chi connectivity index (χ3n) is 4.95. The number of nitrogens with one attached hydrogen (secondary N) is 1. The third-order valence-corrected chi connectivity index (χ3v) is 4.95. The first kappa shape index (κ1) is 14.8. The van der Waals surface area contributed by atoms with Gasteiger partial charge in [-0.1, -0.05) is 6.42 Å². The summed E-state index contributed by atoms with van der Waals surface area (Å²) in [6.45, 7) is 6.20. The van der Waals surface area contributed by atoms with Crippen LogP contribution in [-0.2, 0) is 6.54 Å². The van der Waals surface area contributed by atoms with Gasteiger partial charge in [0.25, 0.3) is 0 Å². The van der Waals surface area contributed by atoms with E-state index in [0.717, 1.165) is 18.4 Å². The SMILES string of the molecule is CNc1cc(CN2CCC(N3CCCCC3)CC2)ccn1. The second-order valence-corrected chi connectivity index (χ2v) is 6.40. The van der Waals surface area contributed by atoms with Crippen LogP contribution in [0.15, 0.2) is 18.3 Å². The van der Waals surface area contributed by atoms with Crippen LogP contribution in [0.25, 0.3) is 0 Å². The number of hydrogen-bond acceptors (Lipinski definition) is 4. The summed E-state index contributed by atoms with van der Waals surface area (Å²) in [6, 6.07) is 5.14. The lowest BCUT2D eigenvalue weighted by molar-refractivity contribution is 0.0896. The number of nitrogens with zero attached hydrogens (tertiary/aromatic N) is 3. The van der Waals surface area contributed by atoms with Gasteiger partial charge >= 0.3 is 0 Å². The van der Waals surface area contributed by atoms with Crippen LogP contribution in [0.3, 0.4) is 0 Å². The van der Waals surface area contributed by atoms with Gasteiger partial charge in [0.1, 0.15) is 5.82 Å². The molecule has 0 radical (unpaired) electrons. The van der Waals surface area contributed by atoms with Gasteiger partial charge in [-0.2, -0.15) is 0 Å². The minimum Gasteiger partial charge on any atom is -0.373 e. The molecule has 0 bridgehead atoms. The lowest BCUT2D eigenvalue weighted by Gasteiger charge is -2.40. The predicted molar refractivity (Wildman–Crippen MR) is 87.5 cm³/mol. The number of aromatic nitrogens is 1. The van der Waals surface area contributed by atoms with Gasteiger partial charge in [0.05, 0.1) is 0 Å². The summed E-state index contributed by atoms with van der Waals surface area (Å²) >= 11 is 0. The molecule has 2 saturated heterocycles. The van der Waals surface area contributed by atoms with Gasteiger partial charge in [0.2, 0.25) is 0 Å². The van der Waals surface area contributed by atoms with Crippen molar-refractivity contribution >= 4 is 5.82 Å². The Labute approximate surface area is 128 Å². The molecule has 2 fully saturated rings. The number of piperidine rings is 2. The van der Waals surface area contributed by atoms with E-state index in [4.69, 9.17) is 0 Å². The van der Waals surface area contributed by atoms with E-state index < -0.39 is 0 Å². The monoisotopic (exact) mass is 288 g/mol. The van der Waals surface area contributed by atoms with Crippen molar-refractivity contribution in [1.82, 2.24) is 14.8 Å². The highest BCUT2D eigenvalue weighted by Gasteiger charge is 2.25. The average Bonchev–Trinajstić information content (AvgIpc) is 2.56.